The fourth-order valence-electron chi connectivity index (χ4n) is 0.890. The van der Waals surface area contributed by atoms with Crippen molar-refractivity contribution in [1.29, 1.82) is 0 Å². The van der Waals surface area contributed by atoms with Crippen molar-refractivity contribution in [2.45, 2.75) is 46.5 Å². The van der Waals surface area contributed by atoms with E-state index in [4.69, 9.17) is 0 Å². The molecule has 0 rings (SSSR count). The molecule has 0 aromatic heterocycles. The average molecular weight is 166 g/mol. The van der Waals surface area contributed by atoms with Gasteiger partial charge in [0.25, 0.3) is 0 Å². The Labute approximate surface area is 77.4 Å². The van der Waals surface area contributed by atoms with E-state index in [9.17, 15) is 0 Å². The van der Waals surface area contributed by atoms with Gasteiger partial charge >= 0.3 is 0 Å². The quantitative estimate of drug-likeness (QED) is 0.515. The Bertz CT molecular complexity index is 142. The molecule has 0 heterocycles. The Kier molecular flexibility index (Phi) is 6.84. The first-order valence-corrected chi connectivity index (χ1v) is 5.02. The lowest BCUT2D eigenvalue weighted by molar-refractivity contribution is 0.571. The average Bonchev–Trinajstić information content (AvgIpc) is 2.11. The Morgan fingerprint density at radius 3 is 2.50 bits per heavy atom. The van der Waals surface area contributed by atoms with E-state index in [-0.39, 0.29) is 0 Å². The molecule has 0 aliphatic carbocycles. The first-order valence-electron chi connectivity index (χ1n) is 5.02. The summed E-state index contributed by atoms with van der Waals surface area (Å²) in [4.78, 5) is 0. The van der Waals surface area contributed by atoms with Gasteiger partial charge in [0, 0.05) is 0 Å². The highest BCUT2D eigenvalue weighted by atomic mass is 14.0. The van der Waals surface area contributed by atoms with Crippen LogP contribution in [0.2, 0.25) is 0 Å². The van der Waals surface area contributed by atoms with Crippen LogP contribution < -0.4 is 0 Å². The minimum atomic E-state index is 0.830. The fourth-order valence-corrected chi connectivity index (χ4v) is 0.890. The van der Waals surface area contributed by atoms with Gasteiger partial charge in [-0.25, -0.2) is 0 Å². The van der Waals surface area contributed by atoms with Gasteiger partial charge in [-0.2, -0.15) is 0 Å². The van der Waals surface area contributed by atoms with E-state index >= 15 is 0 Å². The van der Waals surface area contributed by atoms with E-state index in [0.29, 0.717) is 0 Å². The number of hydrogen-bond donors (Lipinski definition) is 0. The second-order valence-electron chi connectivity index (χ2n) is 3.53. The van der Waals surface area contributed by atoms with Gasteiger partial charge in [-0.3, -0.25) is 0 Å². The molecule has 0 saturated heterocycles. The molecule has 1 atom stereocenters. The van der Waals surface area contributed by atoms with Crippen LogP contribution in [0.4, 0.5) is 0 Å². The van der Waals surface area contributed by atoms with Crippen LogP contribution >= 0.6 is 0 Å². The molecule has 0 bridgehead atoms. The Morgan fingerprint density at radius 2 is 2.00 bits per heavy atom. The van der Waals surface area contributed by atoms with Crippen LogP contribution in [0.1, 0.15) is 46.5 Å². The van der Waals surface area contributed by atoms with Crippen molar-refractivity contribution in [1.82, 2.24) is 0 Å². The van der Waals surface area contributed by atoms with Gasteiger partial charge in [0.1, 0.15) is 0 Å². The third-order valence-corrected chi connectivity index (χ3v) is 2.31. The van der Waals surface area contributed by atoms with Crippen molar-refractivity contribution in [2.24, 2.45) is 5.92 Å². The molecular formula is C12H22. The van der Waals surface area contributed by atoms with E-state index in [2.05, 4.69) is 39.5 Å². The number of rotatable bonds is 6. The standard InChI is InChI=1S/C12H22/c1-5-11(3)9-7-8-10-12(4)6-2/h7-8,12H,3,5-6,9-10H2,1-2,4H3. The predicted octanol–water partition coefficient (Wildman–Crippen LogP) is 4.34. The Hall–Kier alpha value is -0.520. The molecule has 0 aliphatic rings. The summed E-state index contributed by atoms with van der Waals surface area (Å²) in [6.07, 6.45) is 9.19. The lowest BCUT2D eigenvalue weighted by Gasteiger charge is -2.02. The molecule has 0 amide bonds. The lowest BCUT2D eigenvalue weighted by atomic mass is 10.0. The van der Waals surface area contributed by atoms with E-state index in [1.807, 2.05) is 0 Å². The number of hydrogen-bond acceptors (Lipinski definition) is 0. The van der Waals surface area contributed by atoms with Crippen LogP contribution in [0.3, 0.4) is 0 Å². The molecule has 0 aliphatic heterocycles. The van der Waals surface area contributed by atoms with Gasteiger partial charge < -0.3 is 0 Å². The van der Waals surface area contributed by atoms with E-state index in [0.717, 1.165) is 18.8 Å². The van der Waals surface area contributed by atoms with Crippen LogP contribution in [-0.2, 0) is 0 Å². The highest BCUT2D eigenvalue weighted by Gasteiger charge is 1.93. The predicted molar refractivity (Wildman–Crippen MR) is 57.3 cm³/mol. The van der Waals surface area contributed by atoms with Gasteiger partial charge in [0.05, 0.1) is 0 Å². The van der Waals surface area contributed by atoms with Gasteiger partial charge in [-0.05, 0) is 25.2 Å². The largest absolute Gasteiger partial charge is 0.0996 e. The second kappa shape index (κ2) is 7.15. The van der Waals surface area contributed by atoms with Gasteiger partial charge in [-0.15, -0.1) is 0 Å². The first kappa shape index (κ1) is 11.5. The second-order valence-corrected chi connectivity index (χ2v) is 3.53. The topological polar surface area (TPSA) is 0 Å². The molecule has 0 radical (unpaired) electrons. The molecule has 1 unspecified atom stereocenters. The van der Waals surface area contributed by atoms with Crippen LogP contribution in [0.5, 0.6) is 0 Å². The van der Waals surface area contributed by atoms with Crippen LogP contribution in [0.15, 0.2) is 24.3 Å². The minimum Gasteiger partial charge on any atom is -0.0996 e. The smallest absolute Gasteiger partial charge is 0.0142 e. The van der Waals surface area contributed by atoms with Crippen LogP contribution in [0, 0.1) is 5.92 Å². The molecule has 0 saturated carbocycles. The summed E-state index contributed by atoms with van der Waals surface area (Å²) in [5.74, 6) is 0.830. The van der Waals surface area contributed by atoms with Crippen molar-refractivity contribution < 1.29 is 0 Å². The van der Waals surface area contributed by atoms with Crippen molar-refractivity contribution >= 4 is 0 Å². The number of allylic oxidation sites excluding steroid dienone is 3. The first-order chi connectivity index (χ1) is 5.70. The monoisotopic (exact) mass is 166 g/mol. The van der Waals surface area contributed by atoms with Crippen molar-refractivity contribution in [3.05, 3.63) is 24.3 Å². The van der Waals surface area contributed by atoms with Crippen LogP contribution in [-0.4, -0.2) is 0 Å². The van der Waals surface area contributed by atoms with Gasteiger partial charge in [0.15, 0.2) is 0 Å². The van der Waals surface area contributed by atoms with E-state index in [1.165, 1.54) is 18.4 Å². The van der Waals surface area contributed by atoms with Gasteiger partial charge in [-0.1, -0.05) is 51.5 Å². The molecular weight excluding hydrogens is 144 g/mol. The van der Waals surface area contributed by atoms with Crippen molar-refractivity contribution in [3.8, 4) is 0 Å². The Morgan fingerprint density at radius 1 is 1.33 bits per heavy atom. The molecule has 0 nitrogen and oxygen atoms in total. The zero-order valence-corrected chi connectivity index (χ0v) is 8.77. The third kappa shape index (κ3) is 6.21. The summed E-state index contributed by atoms with van der Waals surface area (Å²) >= 11 is 0. The SMILES string of the molecule is C=C(CC)CC=CCC(C)CC. The summed E-state index contributed by atoms with van der Waals surface area (Å²) in [5, 5.41) is 0. The molecule has 0 spiro atoms. The maximum absolute atomic E-state index is 3.96. The maximum atomic E-state index is 3.96. The van der Waals surface area contributed by atoms with E-state index in [1.54, 1.807) is 0 Å². The highest BCUT2D eigenvalue weighted by molar-refractivity contribution is 5.01. The molecule has 0 N–H and O–H groups in total. The lowest BCUT2D eigenvalue weighted by Crippen LogP contribution is -1.87. The summed E-state index contributed by atoms with van der Waals surface area (Å²) in [7, 11) is 0. The minimum absolute atomic E-state index is 0.830. The summed E-state index contributed by atoms with van der Waals surface area (Å²) in [6.45, 7) is 10.6. The summed E-state index contributed by atoms with van der Waals surface area (Å²) in [5.41, 5.74) is 1.33. The molecule has 0 aromatic rings. The van der Waals surface area contributed by atoms with E-state index < -0.39 is 0 Å². The molecule has 0 fully saturated rings. The molecule has 12 heavy (non-hydrogen) atoms. The molecule has 0 heteroatoms. The van der Waals surface area contributed by atoms with Crippen LogP contribution in [0.25, 0.3) is 0 Å². The summed E-state index contributed by atoms with van der Waals surface area (Å²) < 4.78 is 0. The molecule has 0 aromatic carbocycles. The highest BCUT2D eigenvalue weighted by Crippen LogP contribution is 2.09. The van der Waals surface area contributed by atoms with Crippen molar-refractivity contribution in [2.75, 3.05) is 0 Å². The van der Waals surface area contributed by atoms with Gasteiger partial charge in [0.2, 0.25) is 0 Å². The normalized spacial score (nSPS) is 13.6. The maximum Gasteiger partial charge on any atom is -0.0142 e. The molecule has 70 valence electrons. The zero-order valence-electron chi connectivity index (χ0n) is 8.77. The Balaban J connectivity index is 3.43. The third-order valence-electron chi connectivity index (χ3n) is 2.31. The summed E-state index contributed by atoms with van der Waals surface area (Å²) in [6, 6.07) is 0. The van der Waals surface area contributed by atoms with Crippen molar-refractivity contribution in [3.63, 3.8) is 0 Å². The zero-order chi connectivity index (χ0) is 9.40. The fraction of sp³-hybridized carbons (Fsp3) is 0.667.